The molecule has 0 saturated carbocycles. The van der Waals surface area contributed by atoms with E-state index < -0.39 is 5.78 Å². The van der Waals surface area contributed by atoms with Gasteiger partial charge in [-0.15, -0.1) is 0 Å². The fourth-order valence-corrected chi connectivity index (χ4v) is 1.61. The number of hydrogen-bond acceptors (Lipinski definition) is 5. The minimum absolute atomic E-state index is 0.147. The maximum atomic E-state index is 11.5. The van der Waals surface area contributed by atoms with Gasteiger partial charge >= 0.3 is 0 Å². The number of Topliss-reactive ketones (excluding diaryl/α,β-unsaturated/α-hetero) is 1. The first-order chi connectivity index (χ1) is 8.26. The Hall–Kier alpha value is -2.14. The second kappa shape index (κ2) is 4.80. The normalized spacial score (nSPS) is 10.4. The van der Waals surface area contributed by atoms with Gasteiger partial charge in [-0.1, -0.05) is 18.2 Å². The molecule has 0 aliphatic carbocycles. The lowest BCUT2D eigenvalue weighted by atomic mass is 10.1. The summed E-state index contributed by atoms with van der Waals surface area (Å²) < 4.78 is 0. The number of carbonyl (C=O) groups is 2. The molecule has 1 aromatic carbocycles. The highest BCUT2D eigenvalue weighted by atomic mass is 16.2. The highest BCUT2D eigenvalue weighted by Gasteiger charge is 2.13. The van der Waals surface area contributed by atoms with Crippen LogP contribution in [0.4, 0.5) is 0 Å². The molecule has 0 radical (unpaired) electrons. The van der Waals surface area contributed by atoms with E-state index in [9.17, 15) is 9.59 Å². The average Bonchev–Trinajstić information content (AvgIpc) is 2.37. The van der Waals surface area contributed by atoms with E-state index in [4.69, 9.17) is 5.73 Å². The van der Waals surface area contributed by atoms with Crippen LogP contribution in [0.15, 0.2) is 24.3 Å². The first kappa shape index (κ1) is 11.3. The number of carbonyl (C=O) groups excluding carboxylic acids is 2. The number of aromatic nitrogens is 2. The van der Waals surface area contributed by atoms with Crippen molar-refractivity contribution in [3.63, 3.8) is 0 Å². The Morgan fingerprint density at radius 3 is 2.76 bits per heavy atom. The minimum Gasteiger partial charge on any atom is -0.330 e. The summed E-state index contributed by atoms with van der Waals surface area (Å²) in [7, 11) is 0. The van der Waals surface area contributed by atoms with Gasteiger partial charge in [-0.2, -0.15) is 0 Å². The topological polar surface area (TPSA) is 85.9 Å². The zero-order valence-corrected chi connectivity index (χ0v) is 9.09. The molecule has 2 aromatic rings. The van der Waals surface area contributed by atoms with E-state index in [-0.39, 0.29) is 12.0 Å². The quantitative estimate of drug-likeness (QED) is 0.469. The summed E-state index contributed by atoms with van der Waals surface area (Å²) in [4.78, 5) is 30.5. The number of para-hydroxylation sites is 1. The van der Waals surface area contributed by atoms with Crippen molar-refractivity contribution in [2.75, 3.05) is 6.54 Å². The average molecular weight is 229 g/mol. The molecular weight excluding hydrogens is 218 g/mol. The van der Waals surface area contributed by atoms with Gasteiger partial charge < -0.3 is 5.73 Å². The molecule has 0 aliphatic rings. The lowest BCUT2D eigenvalue weighted by molar-refractivity contribution is -0.104. The summed E-state index contributed by atoms with van der Waals surface area (Å²) in [6, 6.07) is 7.09. The Bertz CT molecular complexity index is 581. The Balaban J connectivity index is 2.68. The summed E-state index contributed by atoms with van der Waals surface area (Å²) in [5.74, 6) is -0.154. The number of hydrogen-bond donors (Lipinski definition) is 1. The molecule has 1 heterocycles. The largest absolute Gasteiger partial charge is 0.330 e. The van der Waals surface area contributed by atoms with Crippen molar-refractivity contribution in [1.82, 2.24) is 9.97 Å². The van der Waals surface area contributed by atoms with Gasteiger partial charge in [-0.3, -0.25) is 9.59 Å². The molecule has 0 bridgehead atoms. The van der Waals surface area contributed by atoms with Crippen molar-refractivity contribution < 1.29 is 9.59 Å². The molecule has 0 atom stereocenters. The summed E-state index contributed by atoms with van der Waals surface area (Å²) >= 11 is 0. The fourth-order valence-electron chi connectivity index (χ4n) is 1.61. The first-order valence-corrected chi connectivity index (χ1v) is 5.21. The van der Waals surface area contributed by atoms with Crippen molar-refractivity contribution in [3.8, 4) is 0 Å². The molecule has 0 spiro atoms. The number of nitrogens with two attached hydrogens (primary N) is 1. The molecule has 0 amide bonds. The zero-order valence-electron chi connectivity index (χ0n) is 9.09. The van der Waals surface area contributed by atoms with E-state index in [1.807, 2.05) is 6.07 Å². The second-order valence-electron chi connectivity index (χ2n) is 3.53. The van der Waals surface area contributed by atoms with Crippen molar-refractivity contribution in [2.45, 2.75) is 6.42 Å². The Kier molecular flexibility index (Phi) is 3.20. The first-order valence-electron chi connectivity index (χ1n) is 5.21. The van der Waals surface area contributed by atoms with Crippen LogP contribution < -0.4 is 5.73 Å². The van der Waals surface area contributed by atoms with Gasteiger partial charge in [0, 0.05) is 11.8 Å². The van der Waals surface area contributed by atoms with E-state index in [0.29, 0.717) is 29.7 Å². The van der Waals surface area contributed by atoms with Crippen LogP contribution in [0.3, 0.4) is 0 Å². The third kappa shape index (κ3) is 2.19. The highest BCUT2D eigenvalue weighted by molar-refractivity contribution is 6.35. The van der Waals surface area contributed by atoms with Crippen LogP contribution in [-0.2, 0) is 11.2 Å². The molecule has 0 aliphatic heterocycles. The minimum atomic E-state index is -0.637. The van der Waals surface area contributed by atoms with Crippen LogP contribution in [0.2, 0.25) is 0 Å². The Morgan fingerprint density at radius 2 is 2.06 bits per heavy atom. The van der Waals surface area contributed by atoms with Crippen molar-refractivity contribution >= 4 is 23.0 Å². The van der Waals surface area contributed by atoms with Crippen molar-refractivity contribution in [3.05, 3.63) is 35.8 Å². The third-order valence-corrected chi connectivity index (χ3v) is 2.36. The smallest absolute Gasteiger partial charge is 0.244 e. The van der Waals surface area contributed by atoms with Gasteiger partial charge in [0.1, 0.15) is 11.5 Å². The summed E-state index contributed by atoms with van der Waals surface area (Å²) in [6.07, 6.45) is 0.741. The molecular formula is C12H11N3O2. The van der Waals surface area contributed by atoms with Crippen molar-refractivity contribution in [1.29, 1.82) is 0 Å². The molecule has 1 aromatic heterocycles. The third-order valence-electron chi connectivity index (χ3n) is 2.36. The fraction of sp³-hybridized carbons (Fsp3) is 0.167. The summed E-state index contributed by atoms with van der Waals surface area (Å²) in [6.45, 7) is 0.396. The number of fused-ring (bicyclic) bond motifs is 1. The monoisotopic (exact) mass is 229 g/mol. The number of rotatable bonds is 4. The van der Waals surface area contributed by atoms with Gasteiger partial charge in [-0.05, 0) is 12.6 Å². The van der Waals surface area contributed by atoms with E-state index in [0.717, 1.165) is 0 Å². The van der Waals surface area contributed by atoms with E-state index in [2.05, 4.69) is 9.97 Å². The molecule has 86 valence electrons. The zero-order chi connectivity index (χ0) is 12.3. The summed E-state index contributed by atoms with van der Waals surface area (Å²) in [5.41, 5.74) is 6.23. The Labute approximate surface area is 97.7 Å². The molecule has 5 heteroatoms. The molecule has 2 N–H and O–H groups in total. The SMILES string of the molecule is NCCc1nc(C(=O)C=O)c2ccccc2n1. The number of ketones is 1. The molecule has 2 rings (SSSR count). The van der Waals surface area contributed by atoms with E-state index in [1.165, 1.54) is 0 Å². The second-order valence-corrected chi connectivity index (χ2v) is 3.53. The number of nitrogens with zero attached hydrogens (tertiary/aromatic N) is 2. The van der Waals surface area contributed by atoms with Crippen LogP contribution in [0.25, 0.3) is 10.9 Å². The Morgan fingerprint density at radius 1 is 1.29 bits per heavy atom. The van der Waals surface area contributed by atoms with E-state index in [1.54, 1.807) is 18.2 Å². The molecule has 17 heavy (non-hydrogen) atoms. The van der Waals surface area contributed by atoms with Crippen LogP contribution in [0.5, 0.6) is 0 Å². The molecule has 0 fully saturated rings. The number of aldehydes is 1. The summed E-state index contributed by atoms with van der Waals surface area (Å²) in [5, 5.41) is 0.588. The predicted molar refractivity (Wildman–Crippen MR) is 62.7 cm³/mol. The van der Waals surface area contributed by atoms with Crippen LogP contribution in [-0.4, -0.2) is 28.6 Å². The maximum Gasteiger partial charge on any atom is 0.244 e. The molecule has 0 unspecified atom stereocenters. The standard InChI is InChI=1S/C12H11N3O2/c13-6-5-11-14-9-4-2-1-3-8(9)12(15-11)10(17)7-16/h1-4,7H,5-6,13H2. The van der Waals surface area contributed by atoms with Crippen LogP contribution in [0.1, 0.15) is 16.3 Å². The van der Waals surface area contributed by atoms with E-state index >= 15 is 0 Å². The van der Waals surface area contributed by atoms with Gasteiger partial charge in [0.25, 0.3) is 0 Å². The van der Waals surface area contributed by atoms with Gasteiger partial charge in [-0.25, -0.2) is 9.97 Å². The van der Waals surface area contributed by atoms with Crippen molar-refractivity contribution in [2.24, 2.45) is 5.73 Å². The van der Waals surface area contributed by atoms with Crippen LogP contribution >= 0.6 is 0 Å². The van der Waals surface area contributed by atoms with Gasteiger partial charge in [0.15, 0.2) is 6.29 Å². The van der Waals surface area contributed by atoms with Gasteiger partial charge in [0.05, 0.1) is 5.52 Å². The van der Waals surface area contributed by atoms with Gasteiger partial charge in [0.2, 0.25) is 5.78 Å². The maximum absolute atomic E-state index is 11.5. The highest BCUT2D eigenvalue weighted by Crippen LogP contribution is 2.15. The number of benzene rings is 1. The lowest BCUT2D eigenvalue weighted by Crippen LogP contribution is -2.11. The molecule has 0 saturated heterocycles. The lowest BCUT2D eigenvalue weighted by Gasteiger charge is -2.04. The predicted octanol–water partition coefficient (Wildman–Crippen LogP) is 0.513. The molecule has 5 nitrogen and oxygen atoms in total. The van der Waals surface area contributed by atoms with Crippen LogP contribution in [0, 0.1) is 0 Å².